The Morgan fingerprint density at radius 2 is 1.75 bits per heavy atom. The van der Waals surface area contributed by atoms with Crippen molar-refractivity contribution in [2.24, 2.45) is 5.73 Å². The van der Waals surface area contributed by atoms with E-state index in [0.29, 0.717) is 18.6 Å². The van der Waals surface area contributed by atoms with Crippen molar-refractivity contribution < 1.29 is 4.74 Å². The molecule has 2 rings (SSSR count). The van der Waals surface area contributed by atoms with Crippen molar-refractivity contribution in [2.75, 3.05) is 26.8 Å². The predicted octanol–water partition coefficient (Wildman–Crippen LogP) is 2.72. The number of hydrogen-bond donors (Lipinski definition) is 1. The molecule has 2 N–H and O–H groups in total. The highest BCUT2D eigenvalue weighted by atomic mass is 16.5. The standard InChI is InChI=1S/C17H28N2O/c1-12-9-13(2)17(14(3)10-12)16(11-18)19(4)15-5-7-20-8-6-15/h9-10,15-16H,5-8,11,18H2,1-4H3. The summed E-state index contributed by atoms with van der Waals surface area (Å²) in [7, 11) is 2.21. The van der Waals surface area contributed by atoms with Crippen LogP contribution < -0.4 is 5.73 Å². The zero-order chi connectivity index (χ0) is 14.7. The largest absolute Gasteiger partial charge is 0.381 e. The van der Waals surface area contributed by atoms with Crippen LogP contribution in [0.1, 0.15) is 41.1 Å². The zero-order valence-electron chi connectivity index (χ0n) is 13.3. The zero-order valence-corrected chi connectivity index (χ0v) is 13.3. The van der Waals surface area contributed by atoms with Crippen molar-refractivity contribution in [3.8, 4) is 0 Å². The summed E-state index contributed by atoms with van der Waals surface area (Å²) in [4.78, 5) is 2.47. The molecule has 1 aliphatic rings. The van der Waals surface area contributed by atoms with Gasteiger partial charge in [0, 0.05) is 31.8 Å². The van der Waals surface area contributed by atoms with Crippen LogP contribution in [0.2, 0.25) is 0 Å². The van der Waals surface area contributed by atoms with Crippen LogP contribution in [-0.2, 0) is 4.74 Å². The first kappa shape index (κ1) is 15.5. The molecular formula is C17H28N2O. The molecule has 3 heteroatoms. The fourth-order valence-electron chi connectivity index (χ4n) is 3.55. The molecule has 3 nitrogen and oxygen atoms in total. The Labute approximate surface area is 123 Å². The van der Waals surface area contributed by atoms with Gasteiger partial charge in [-0.1, -0.05) is 17.7 Å². The molecule has 0 amide bonds. The van der Waals surface area contributed by atoms with Crippen molar-refractivity contribution in [3.05, 3.63) is 34.4 Å². The van der Waals surface area contributed by atoms with E-state index in [0.717, 1.165) is 26.1 Å². The van der Waals surface area contributed by atoms with Gasteiger partial charge < -0.3 is 10.5 Å². The third-order valence-corrected chi connectivity index (χ3v) is 4.55. The van der Waals surface area contributed by atoms with Crippen LogP contribution in [-0.4, -0.2) is 37.7 Å². The molecule has 0 aromatic heterocycles. The van der Waals surface area contributed by atoms with Crippen molar-refractivity contribution in [3.63, 3.8) is 0 Å². The monoisotopic (exact) mass is 276 g/mol. The van der Waals surface area contributed by atoms with Crippen molar-refractivity contribution in [1.29, 1.82) is 0 Å². The summed E-state index contributed by atoms with van der Waals surface area (Å²) in [6.07, 6.45) is 2.22. The van der Waals surface area contributed by atoms with Gasteiger partial charge >= 0.3 is 0 Å². The number of aryl methyl sites for hydroxylation is 3. The van der Waals surface area contributed by atoms with Gasteiger partial charge in [0.1, 0.15) is 0 Å². The molecule has 1 aromatic carbocycles. The number of nitrogens with zero attached hydrogens (tertiary/aromatic N) is 1. The minimum Gasteiger partial charge on any atom is -0.381 e. The fourth-order valence-corrected chi connectivity index (χ4v) is 3.55. The van der Waals surface area contributed by atoms with Crippen LogP contribution in [0.25, 0.3) is 0 Å². The highest BCUT2D eigenvalue weighted by Crippen LogP contribution is 2.30. The third kappa shape index (κ3) is 3.22. The molecule has 0 aliphatic carbocycles. The van der Waals surface area contributed by atoms with E-state index in [1.54, 1.807) is 0 Å². The predicted molar refractivity (Wildman–Crippen MR) is 84.1 cm³/mol. The van der Waals surface area contributed by atoms with Gasteiger partial charge in [0.15, 0.2) is 0 Å². The summed E-state index contributed by atoms with van der Waals surface area (Å²) in [6, 6.07) is 5.42. The maximum absolute atomic E-state index is 6.12. The quantitative estimate of drug-likeness (QED) is 0.919. The second-order valence-corrected chi connectivity index (χ2v) is 6.07. The maximum atomic E-state index is 6.12. The maximum Gasteiger partial charge on any atom is 0.0480 e. The first-order valence-electron chi connectivity index (χ1n) is 7.62. The molecule has 1 heterocycles. The van der Waals surface area contributed by atoms with Gasteiger partial charge in [-0.2, -0.15) is 0 Å². The SMILES string of the molecule is Cc1cc(C)c(C(CN)N(C)C2CCOCC2)c(C)c1. The van der Waals surface area contributed by atoms with Gasteiger partial charge in [-0.15, -0.1) is 0 Å². The fraction of sp³-hybridized carbons (Fsp3) is 0.647. The second-order valence-electron chi connectivity index (χ2n) is 6.07. The highest BCUT2D eigenvalue weighted by molar-refractivity contribution is 5.40. The number of ether oxygens (including phenoxy) is 1. The Morgan fingerprint density at radius 3 is 2.25 bits per heavy atom. The summed E-state index contributed by atoms with van der Waals surface area (Å²) < 4.78 is 5.47. The Balaban J connectivity index is 2.27. The van der Waals surface area contributed by atoms with Crippen LogP contribution in [0.5, 0.6) is 0 Å². The smallest absolute Gasteiger partial charge is 0.0480 e. The van der Waals surface area contributed by atoms with E-state index in [1.165, 1.54) is 22.3 Å². The van der Waals surface area contributed by atoms with Gasteiger partial charge in [-0.05, 0) is 57.4 Å². The van der Waals surface area contributed by atoms with Crippen molar-refractivity contribution in [2.45, 2.75) is 45.7 Å². The van der Waals surface area contributed by atoms with E-state index in [-0.39, 0.29) is 0 Å². The molecule has 1 unspecified atom stereocenters. The number of hydrogen-bond acceptors (Lipinski definition) is 3. The van der Waals surface area contributed by atoms with E-state index in [2.05, 4.69) is 44.9 Å². The van der Waals surface area contributed by atoms with Crippen LogP contribution in [0.15, 0.2) is 12.1 Å². The summed E-state index contributed by atoms with van der Waals surface area (Å²) in [5.41, 5.74) is 11.6. The lowest BCUT2D eigenvalue weighted by Crippen LogP contribution is -2.42. The van der Waals surface area contributed by atoms with Gasteiger partial charge in [-0.25, -0.2) is 0 Å². The van der Waals surface area contributed by atoms with Crippen LogP contribution in [0.3, 0.4) is 0 Å². The number of benzene rings is 1. The molecule has 0 spiro atoms. The van der Waals surface area contributed by atoms with Gasteiger partial charge in [-0.3, -0.25) is 4.90 Å². The molecule has 0 bridgehead atoms. The summed E-state index contributed by atoms with van der Waals surface area (Å²) >= 11 is 0. The van der Waals surface area contributed by atoms with Crippen molar-refractivity contribution >= 4 is 0 Å². The minimum absolute atomic E-state index is 0.304. The number of likely N-dealkylation sites (N-methyl/N-ethyl adjacent to an activating group) is 1. The van der Waals surface area contributed by atoms with Crippen LogP contribution in [0.4, 0.5) is 0 Å². The summed E-state index contributed by atoms with van der Waals surface area (Å²) in [6.45, 7) is 8.98. The Morgan fingerprint density at radius 1 is 1.20 bits per heavy atom. The normalized spacial score (nSPS) is 18.5. The Hall–Kier alpha value is -0.900. The molecule has 1 aromatic rings. The lowest BCUT2D eigenvalue weighted by molar-refractivity contribution is 0.0292. The topological polar surface area (TPSA) is 38.5 Å². The minimum atomic E-state index is 0.304. The van der Waals surface area contributed by atoms with E-state index in [9.17, 15) is 0 Å². The van der Waals surface area contributed by atoms with E-state index >= 15 is 0 Å². The first-order valence-corrected chi connectivity index (χ1v) is 7.62. The first-order chi connectivity index (χ1) is 9.54. The van der Waals surface area contributed by atoms with Gasteiger partial charge in [0.2, 0.25) is 0 Å². The number of nitrogens with two attached hydrogens (primary N) is 1. The van der Waals surface area contributed by atoms with Crippen molar-refractivity contribution in [1.82, 2.24) is 4.90 Å². The molecule has 1 fully saturated rings. The highest BCUT2D eigenvalue weighted by Gasteiger charge is 2.27. The average molecular weight is 276 g/mol. The molecule has 0 radical (unpaired) electrons. The van der Waals surface area contributed by atoms with Gasteiger partial charge in [0.05, 0.1) is 0 Å². The van der Waals surface area contributed by atoms with E-state index in [4.69, 9.17) is 10.5 Å². The Kier molecular flexibility index (Phi) is 5.19. The molecule has 20 heavy (non-hydrogen) atoms. The molecule has 0 saturated carbocycles. The van der Waals surface area contributed by atoms with Crippen LogP contribution in [0, 0.1) is 20.8 Å². The molecular weight excluding hydrogens is 248 g/mol. The average Bonchev–Trinajstić information content (AvgIpc) is 2.43. The van der Waals surface area contributed by atoms with Gasteiger partial charge in [0.25, 0.3) is 0 Å². The van der Waals surface area contributed by atoms with E-state index < -0.39 is 0 Å². The lowest BCUT2D eigenvalue weighted by Gasteiger charge is -2.38. The number of rotatable bonds is 4. The van der Waals surface area contributed by atoms with E-state index in [1.807, 2.05) is 0 Å². The molecule has 1 aliphatic heterocycles. The molecule has 1 saturated heterocycles. The third-order valence-electron chi connectivity index (χ3n) is 4.55. The molecule has 112 valence electrons. The summed E-state index contributed by atoms with van der Waals surface area (Å²) in [5.74, 6) is 0. The summed E-state index contributed by atoms with van der Waals surface area (Å²) in [5, 5.41) is 0. The molecule has 1 atom stereocenters. The second kappa shape index (κ2) is 6.70. The Bertz CT molecular complexity index is 429. The van der Waals surface area contributed by atoms with Crippen LogP contribution >= 0.6 is 0 Å². The lowest BCUT2D eigenvalue weighted by atomic mass is 9.92.